The number of carboxylic acids is 1. The van der Waals surface area contributed by atoms with Crippen molar-refractivity contribution < 1.29 is 9.90 Å². The number of hydrogen-bond acceptors (Lipinski definition) is 4. The summed E-state index contributed by atoms with van der Waals surface area (Å²) >= 11 is 0. The summed E-state index contributed by atoms with van der Waals surface area (Å²) in [6.45, 7) is 2.01. The Morgan fingerprint density at radius 2 is 2.21 bits per heavy atom. The molecule has 1 aliphatic heterocycles. The molecular formula is C19H21N3O2. The van der Waals surface area contributed by atoms with Crippen LogP contribution in [-0.2, 0) is 19.3 Å². The first kappa shape index (κ1) is 15.1. The van der Waals surface area contributed by atoms with Crippen LogP contribution in [0.15, 0.2) is 30.6 Å². The van der Waals surface area contributed by atoms with Gasteiger partial charge in [0.15, 0.2) is 0 Å². The van der Waals surface area contributed by atoms with Crippen molar-refractivity contribution in [3.05, 3.63) is 53.0 Å². The summed E-state index contributed by atoms with van der Waals surface area (Å²) < 4.78 is 0. The van der Waals surface area contributed by atoms with Crippen LogP contribution in [0.25, 0.3) is 0 Å². The molecule has 4 rings (SSSR count). The summed E-state index contributed by atoms with van der Waals surface area (Å²) in [5, 5.41) is 9.13. The summed E-state index contributed by atoms with van der Waals surface area (Å²) in [5.41, 5.74) is 4.04. The van der Waals surface area contributed by atoms with Crippen molar-refractivity contribution in [3.63, 3.8) is 0 Å². The van der Waals surface area contributed by atoms with Crippen molar-refractivity contribution >= 4 is 11.8 Å². The standard InChI is InChI=1S/C19H21N3O2/c23-19(24)15-4-1-3-13(10-15)9-14-7-8-22(11-14)18-16-5-2-6-17(16)20-12-21-18/h1,3-4,10,12,14H,2,5-9,11H2,(H,23,24)/t14-/m0/s1. The zero-order valence-corrected chi connectivity index (χ0v) is 13.6. The number of carbonyl (C=O) groups is 1. The number of aryl methyl sites for hydroxylation is 1. The van der Waals surface area contributed by atoms with E-state index in [1.54, 1.807) is 18.5 Å². The minimum absolute atomic E-state index is 0.371. The Balaban J connectivity index is 1.47. The highest BCUT2D eigenvalue weighted by molar-refractivity contribution is 5.87. The number of benzene rings is 1. The molecule has 0 amide bonds. The Morgan fingerprint density at radius 3 is 3.08 bits per heavy atom. The van der Waals surface area contributed by atoms with Gasteiger partial charge in [-0.1, -0.05) is 12.1 Å². The highest BCUT2D eigenvalue weighted by Crippen LogP contribution is 2.32. The molecule has 1 aromatic heterocycles. The van der Waals surface area contributed by atoms with Crippen LogP contribution in [0.5, 0.6) is 0 Å². The Labute approximate surface area is 141 Å². The lowest BCUT2D eigenvalue weighted by Gasteiger charge is -2.20. The lowest BCUT2D eigenvalue weighted by molar-refractivity contribution is 0.0696. The molecule has 1 aromatic carbocycles. The molecule has 124 valence electrons. The fourth-order valence-electron chi connectivity index (χ4n) is 3.97. The number of fused-ring (bicyclic) bond motifs is 1. The minimum atomic E-state index is -0.860. The maximum Gasteiger partial charge on any atom is 0.335 e. The second kappa shape index (κ2) is 6.23. The van der Waals surface area contributed by atoms with E-state index >= 15 is 0 Å². The van der Waals surface area contributed by atoms with E-state index in [-0.39, 0.29) is 0 Å². The first-order valence-electron chi connectivity index (χ1n) is 8.60. The molecule has 0 unspecified atom stereocenters. The maximum absolute atomic E-state index is 11.1. The quantitative estimate of drug-likeness (QED) is 0.937. The van der Waals surface area contributed by atoms with E-state index in [4.69, 9.17) is 5.11 Å². The zero-order chi connectivity index (χ0) is 16.5. The topological polar surface area (TPSA) is 66.3 Å². The van der Waals surface area contributed by atoms with Gasteiger partial charge < -0.3 is 10.0 Å². The van der Waals surface area contributed by atoms with Crippen molar-refractivity contribution in [2.45, 2.75) is 32.1 Å². The van der Waals surface area contributed by atoms with Crippen LogP contribution in [0.1, 0.15) is 40.0 Å². The van der Waals surface area contributed by atoms with E-state index in [2.05, 4.69) is 14.9 Å². The maximum atomic E-state index is 11.1. The van der Waals surface area contributed by atoms with E-state index < -0.39 is 5.97 Å². The number of carboxylic acid groups (broad SMARTS) is 1. The molecule has 0 spiro atoms. The number of nitrogens with zero attached hydrogens (tertiary/aromatic N) is 3. The molecule has 0 bridgehead atoms. The van der Waals surface area contributed by atoms with Gasteiger partial charge in [-0.25, -0.2) is 14.8 Å². The lowest BCUT2D eigenvalue weighted by atomic mass is 9.97. The Kier molecular flexibility index (Phi) is 3.92. The third-order valence-electron chi connectivity index (χ3n) is 5.14. The van der Waals surface area contributed by atoms with Crippen LogP contribution < -0.4 is 4.90 Å². The zero-order valence-electron chi connectivity index (χ0n) is 13.6. The van der Waals surface area contributed by atoms with E-state index in [1.807, 2.05) is 12.1 Å². The molecule has 1 atom stereocenters. The van der Waals surface area contributed by atoms with Crippen LogP contribution in [0.4, 0.5) is 5.82 Å². The van der Waals surface area contributed by atoms with E-state index in [9.17, 15) is 4.79 Å². The summed E-state index contributed by atoms with van der Waals surface area (Å²) in [5.74, 6) is 0.807. The molecule has 1 fully saturated rings. The van der Waals surface area contributed by atoms with Crippen molar-refractivity contribution in [3.8, 4) is 0 Å². The van der Waals surface area contributed by atoms with Gasteiger partial charge in [-0.15, -0.1) is 0 Å². The van der Waals surface area contributed by atoms with Crippen LogP contribution >= 0.6 is 0 Å². The first-order chi connectivity index (χ1) is 11.7. The van der Waals surface area contributed by atoms with Gasteiger partial charge >= 0.3 is 5.97 Å². The number of aromatic nitrogens is 2. The minimum Gasteiger partial charge on any atom is -0.478 e. The van der Waals surface area contributed by atoms with E-state index in [0.717, 1.165) is 50.2 Å². The van der Waals surface area contributed by atoms with Gasteiger partial charge in [0.2, 0.25) is 0 Å². The molecule has 1 N–H and O–H groups in total. The molecule has 0 saturated carbocycles. The Hall–Kier alpha value is -2.43. The molecular weight excluding hydrogens is 302 g/mol. The fraction of sp³-hybridized carbons (Fsp3) is 0.421. The van der Waals surface area contributed by atoms with Crippen molar-refractivity contribution in [2.24, 2.45) is 5.92 Å². The molecule has 1 aliphatic carbocycles. The smallest absolute Gasteiger partial charge is 0.335 e. The molecule has 2 aliphatic rings. The molecule has 0 radical (unpaired) electrons. The van der Waals surface area contributed by atoms with E-state index in [1.165, 1.54) is 17.7 Å². The van der Waals surface area contributed by atoms with Gasteiger partial charge in [-0.2, -0.15) is 0 Å². The highest BCUT2D eigenvalue weighted by atomic mass is 16.4. The second-order valence-corrected chi connectivity index (χ2v) is 6.79. The average molecular weight is 323 g/mol. The molecule has 5 heteroatoms. The summed E-state index contributed by atoms with van der Waals surface area (Å²) in [4.78, 5) is 22.5. The van der Waals surface area contributed by atoms with Gasteiger partial charge in [0.1, 0.15) is 12.1 Å². The normalized spacial score (nSPS) is 19.5. The number of aromatic carboxylic acids is 1. The third-order valence-corrected chi connectivity index (χ3v) is 5.14. The predicted octanol–water partition coefficient (Wildman–Crippen LogP) is 2.73. The van der Waals surface area contributed by atoms with Crippen LogP contribution in [0.3, 0.4) is 0 Å². The fourth-order valence-corrected chi connectivity index (χ4v) is 3.97. The molecule has 24 heavy (non-hydrogen) atoms. The van der Waals surface area contributed by atoms with Gasteiger partial charge in [0.05, 0.1) is 5.56 Å². The van der Waals surface area contributed by atoms with Gasteiger partial charge in [0.25, 0.3) is 0 Å². The van der Waals surface area contributed by atoms with Crippen LogP contribution in [-0.4, -0.2) is 34.1 Å². The van der Waals surface area contributed by atoms with Crippen molar-refractivity contribution in [1.29, 1.82) is 0 Å². The number of hydrogen-bond donors (Lipinski definition) is 1. The first-order valence-corrected chi connectivity index (χ1v) is 8.60. The molecule has 2 aromatic rings. The average Bonchev–Trinajstić information content (AvgIpc) is 3.23. The third kappa shape index (κ3) is 2.86. The van der Waals surface area contributed by atoms with Gasteiger partial charge in [0, 0.05) is 24.3 Å². The summed E-state index contributed by atoms with van der Waals surface area (Å²) in [6, 6.07) is 7.31. The predicted molar refractivity (Wildman–Crippen MR) is 91.5 cm³/mol. The van der Waals surface area contributed by atoms with Gasteiger partial charge in [-0.05, 0) is 55.7 Å². The van der Waals surface area contributed by atoms with Gasteiger partial charge in [-0.3, -0.25) is 0 Å². The molecule has 1 saturated heterocycles. The van der Waals surface area contributed by atoms with Crippen LogP contribution in [0.2, 0.25) is 0 Å². The SMILES string of the molecule is O=C(O)c1cccc(C[C@@H]2CCN(c3ncnc4c3CCC4)C2)c1. The van der Waals surface area contributed by atoms with Crippen LogP contribution in [0, 0.1) is 5.92 Å². The lowest BCUT2D eigenvalue weighted by Crippen LogP contribution is -2.23. The Morgan fingerprint density at radius 1 is 1.29 bits per heavy atom. The summed E-state index contributed by atoms with van der Waals surface area (Å²) in [7, 11) is 0. The number of anilines is 1. The molecule has 5 nitrogen and oxygen atoms in total. The van der Waals surface area contributed by atoms with E-state index in [0.29, 0.717) is 11.5 Å². The summed E-state index contributed by atoms with van der Waals surface area (Å²) in [6.07, 6.45) is 7.09. The largest absolute Gasteiger partial charge is 0.478 e. The van der Waals surface area contributed by atoms with Crippen molar-refractivity contribution in [2.75, 3.05) is 18.0 Å². The second-order valence-electron chi connectivity index (χ2n) is 6.79. The monoisotopic (exact) mass is 323 g/mol. The molecule has 2 heterocycles. The highest BCUT2D eigenvalue weighted by Gasteiger charge is 2.27. The van der Waals surface area contributed by atoms with Crippen molar-refractivity contribution in [1.82, 2.24) is 9.97 Å². The number of rotatable bonds is 4. The Bertz CT molecular complexity index is 775.